The van der Waals surface area contributed by atoms with Gasteiger partial charge in [-0.05, 0) is 60.0 Å². The summed E-state index contributed by atoms with van der Waals surface area (Å²) < 4.78 is 26.2. The summed E-state index contributed by atoms with van der Waals surface area (Å²) in [5, 5.41) is 3.46. The SMILES string of the molecule is CCOc1cc(CNC(C)CC)cc(Br)c1OCc1ccccc1F.Cl. The van der Waals surface area contributed by atoms with Crippen LogP contribution in [0.3, 0.4) is 0 Å². The van der Waals surface area contributed by atoms with Crippen LogP contribution in [0.4, 0.5) is 4.39 Å². The zero-order chi connectivity index (χ0) is 18.2. The first-order valence-electron chi connectivity index (χ1n) is 8.59. The van der Waals surface area contributed by atoms with Gasteiger partial charge in [-0.3, -0.25) is 0 Å². The summed E-state index contributed by atoms with van der Waals surface area (Å²) in [6, 6.07) is 11.0. The van der Waals surface area contributed by atoms with Crippen LogP contribution < -0.4 is 14.8 Å². The van der Waals surface area contributed by atoms with Gasteiger partial charge in [0.05, 0.1) is 11.1 Å². The molecule has 0 spiro atoms. The molecule has 0 bridgehead atoms. The van der Waals surface area contributed by atoms with Crippen molar-refractivity contribution in [1.82, 2.24) is 5.32 Å². The second-order valence-corrected chi connectivity index (χ2v) is 6.76. The molecular formula is C20H26BrClFNO2. The summed E-state index contributed by atoms with van der Waals surface area (Å²) in [4.78, 5) is 0. The summed E-state index contributed by atoms with van der Waals surface area (Å²) in [6.45, 7) is 7.67. The number of ether oxygens (including phenoxy) is 2. The first-order valence-corrected chi connectivity index (χ1v) is 9.39. The van der Waals surface area contributed by atoms with Crippen molar-refractivity contribution in [2.24, 2.45) is 0 Å². The molecule has 0 radical (unpaired) electrons. The van der Waals surface area contributed by atoms with Crippen molar-refractivity contribution in [3.63, 3.8) is 0 Å². The zero-order valence-electron chi connectivity index (χ0n) is 15.4. The van der Waals surface area contributed by atoms with Crippen molar-refractivity contribution >= 4 is 28.3 Å². The second-order valence-electron chi connectivity index (χ2n) is 5.91. The molecule has 0 aliphatic rings. The Bertz CT molecular complexity index is 700. The average Bonchev–Trinajstić information content (AvgIpc) is 2.60. The minimum Gasteiger partial charge on any atom is -0.490 e. The van der Waals surface area contributed by atoms with Crippen LogP contribution >= 0.6 is 28.3 Å². The molecule has 0 saturated carbocycles. The highest BCUT2D eigenvalue weighted by atomic mass is 79.9. The lowest BCUT2D eigenvalue weighted by atomic mass is 10.1. The van der Waals surface area contributed by atoms with Crippen LogP contribution in [0, 0.1) is 5.82 Å². The fraction of sp³-hybridized carbons (Fsp3) is 0.400. The van der Waals surface area contributed by atoms with E-state index in [1.54, 1.807) is 18.2 Å². The van der Waals surface area contributed by atoms with Crippen LogP contribution in [-0.2, 0) is 13.2 Å². The highest BCUT2D eigenvalue weighted by Crippen LogP contribution is 2.37. The maximum Gasteiger partial charge on any atom is 0.175 e. The highest BCUT2D eigenvalue weighted by molar-refractivity contribution is 9.10. The van der Waals surface area contributed by atoms with Gasteiger partial charge in [0.1, 0.15) is 12.4 Å². The van der Waals surface area contributed by atoms with Gasteiger partial charge in [0.15, 0.2) is 11.5 Å². The Morgan fingerprint density at radius 1 is 1.15 bits per heavy atom. The summed E-state index contributed by atoms with van der Waals surface area (Å²) in [5.41, 5.74) is 1.62. The van der Waals surface area contributed by atoms with Crippen LogP contribution in [-0.4, -0.2) is 12.6 Å². The third-order valence-corrected chi connectivity index (χ3v) is 4.56. The van der Waals surface area contributed by atoms with Crippen molar-refractivity contribution in [1.29, 1.82) is 0 Å². The van der Waals surface area contributed by atoms with Gasteiger partial charge in [0.25, 0.3) is 0 Å². The molecule has 144 valence electrons. The van der Waals surface area contributed by atoms with E-state index in [0.717, 1.165) is 23.0 Å². The van der Waals surface area contributed by atoms with Crippen LogP contribution in [0.1, 0.15) is 38.3 Å². The van der Waals surface area contributed by atoms with Crippen LogP contribution in [0.15, 0.2) is 40.9 Å². The van der Waals surface area contributed by atoms with Gasteiger partial charge < -0.3 is 14.8 Å². The van der Waals surface area contributed by atoms with Gasteiger partial charge in [-0.2, -0.15) is 0 Å². The Morgan fingerprint density at radius 3 is 2.54 bits per heavy atom. The van der Waals surface area contributed by atoms with Crippen LogP contribution in [0.5, 0.6) is 11.5 Å². The molecule has 3 nitrogen and oxygen atoms in total. The highest BCUT2D eigenvalue weighted by Gasteiger charge is 2.14. The molecule has 1 N–H and O–H groups in total. The zero-order valence-corrected chi connectivity index (χ0v) is 17.8. The van der Waals surface area contributed by atoms with E-state index in [9.17, 15) is 4.39 Å². The third kappa shape index (κ3) is 6.45. The van der Waals surface area contributed by atoms with Gasteiger partial charge >= 0.3 is 0 Å². The molecule has 1 atom stereocenters. The number of hydrogen-bond acceptors (Lipinski definition) is 3. The van der Waals surface area contributed by atoms with E-state index in [0.29, 0.717) is 29.7 Å². The third-order valence-electron chi connectivity index (χ3n) is 3.97. The molecule has 2 aromatic carbocycles. The Kier molecular flexibility index (Phi) is 9.99. The van der Waals surface area contributed by atoms with Crippen molar-refractivity contribution in [3.05, 3.63) is 57.8 Å². The number of nitrogens with one attached hydrogen (secondary N) is 1. The quantitative estimate of drug-likeness (QED) is 0.522. The van der Waals surface area contributed by atoms with E-state index in [4.69, 9.17) is 9.47 Å². The van der Waals surface area contributed by atoms with E-state index in [1.165, 1.54) is 6.07 Å². The second kappa shape index (κ2) is 11.4. The predicted octanol–water partition coefficient (Wildman–Crippen LogP) is 5.88. The topological polar surface area (TPSA) is 30.5 Å². The van der Waals surface area contributed by atoms with Gasteiger partial charge in [0, 0.05) is 18.2 Å². The largest absolute Gasteiger partial charge is 0.490 e. The summed E-state index contributed by atoms with van der Waals surface area (Å²) in [7, 11) is 0. The van der Waals surface area contributed by atoms with E-state index in [1.807, 2.05) is 19.1 Å². The van der Waals surface area contributed by atoms with E-state index in [-0.39, 0.29) is 24.8 Å². The van der Waals surface area contributed by atoms with Gasteiger partial charge in [-0.25, -0.2) is 4.39 Å². The van der Waals surface area contributed by atoms with Crippen molar-refractivity contribution < 1.29 is 13.9 Å². The first-order chi connectivity index (χ1) is 12.0. The molecule has 0 aliphatic heterocycles. The number of rotatable bonds is 9. The van der Waals surface area contributed by atoms with Crippen molar-refractivity contribution in [2.45, 2.75) is 46.4 Å². The van der Waals surface area contributed by atoms with E-state index < -0.39 is 0 Å². The molecule has 1 unspecified atom stereocenters. The van der Waals surface area contributed by atoms with Gasteiger partial charge in [-0.15, -0.1) is 12.4 Å². The molecule has 0 aliphatic carbocycles. The number of benzene rings is 2. The minimum absolute atomic E-state index is 0. The fourth-order valence-corrected chi connectivity index (χ4v) is 2.93. The lowest BCUT2D eigenvalue weighted by Crippen LogP contribution is -2.24. The molecule has 2 aromatic rings. The lowest BCUT2D eigenvalue weighted by molar-refractivity contribution is 0.264. The maximum absolute atomic E-state index is 13.8. The Morgan fingerprint density at radius 2 is 1.88 bits per heavy atom. The Labute approximate surface area is 169 Å². The summed E-state index contributed by atoms with van der Waals surface area (Å²) in [5.74, 6) is 0.984. The molecule has 0 aromatic heterocycles. The monoisotopic (exact) mass is 445 g/mol. The van der Waals surface area contributed by atoms with E-state index >= 15 is 0 Å². The maximum atomic E-state index is 13.8. The van der Waals surface area contributed by atoms with Crippen LogP contribution in [0.2, 0.25) is 0 Å². The van der Waals surface area contributed by atoms with Gasteiger partial charge in [0.2, 0.25) is 0 Å². The fourth-order valence-electron chi connectivity index (χ4n) is 2.33. The molecule has 6 heteroatoms. The Hall–Kier alpha value is -1.30. The lowest BCUT2D eigenvalue weighted by Gasteiger charge is -2.17. The first kappa shape index (κ1) is 22.7. The molecule has 0 saturated heterocycles. The average molecular weight is 447 g/mol. The smallest absolute Gasteiger partial charge is 0.175 e. The molecular weight excluding hydrogens is 421 g/mol. The normalized spacial score (nSPS) is 11.6. The number of hydrogen-bond donors (Lipinski definition) is 1. The Balaban J connectivity index is 0.00000338. The molecule has 0 fully saturated rings. The van der Waals surface area contributed by atoms with Crippen molar-refractivity contribution in [3.8, 4) is 11.5 Å². The molecule has 0 amide bonds. The molecule has 2 rings (SSSR count). The van der Waals surface area contributed by atoms with E-state index in [2.05, 4.69) is 35.1 Å². The predicted molar refractivity (Wildman–Crippen MR) is 110 cm³/mol. The summed E-state index contributed by atoms with van der Waals surface area (Å²) >= 11 is 3.56. The number of halogens is 3. The standard InChI is InChI=1S/C20H25BrFNO2.ClH/c1-4-14(3)23-12-15-10-17(21)20(19(11-15)24-5-2)25-13-16-8-6-7-9-18(16)22;/h6-11,14,23H,4-5,12-13H2,1-3H3;1H. The van der Waals surface area contributed by atoms with Crippen molar-refractivity contribution in [2.75, 3.05) is 6.61 Å². The minimum atomic E-state index is -0.272. The van der Waals surface area contributed by atoms with Crippen LogP contribution in [0.25, 0.3) is 0 Å². The summed E-state index contributed by atoms with van der Waals surface area (Å²) in [6.07, 6.45) is 1.07. The molecule has 0 heterocycles. The van der Waals surface area contributed by atoms with Gasteiger partial charge in [-0.1, -0.05) is 25.1 Å². The molecule has 26 heavy (non-hydrogen) atoms.